The van der Waals surface area contributed by atoms with Crippen LogP contribution in [-0.2, 0) is 17.4 Å². The molecule has 0 N–H and O–H groups in total. The number of hydrogen-bond donors (Lipinski definition) is 0. The molecular weight excluding hydrogens is 156 g/mol. The molecule has 0 fully saturated rings. The van der Waals surface area contributed by atoms with E-state index in [9.17, 15) is 0 Å². The van der Waals surface area contributed by atoms with Crippen molar-refractivity contribution in [1.82, 2.24) is 0 Å². The molecule has 0 bridgehead atoms. The van der Waals surface area contributed by atoms with Crippen LogP contribution in [0.5, 0.6) is 0 Å². The minimum absolute atomic E-state index is 1.30. The molecule has 0 saturated heterocycles. The highest BCUT2D eigenvalue weighted by Crippen LogP contribution is 2.03. The largest absolute Gasteiger partial charge is 0.667 e. The van der Waals surface area contributed by atoms with E-state index in [1.165, 1.54) is 31.8 Å². The topological polar surface area (TPSA) is 36.9 Å². The van der Waals surface area contributed by atoms with E-state index in [0.29, 0.717) is 0 Å². The maximum absolute atomic E-state index is 4.89. The van der Waals surface area contributed by atoms with E-state index in [2.05, 4.69) is 0 Å². The van der Waals surface area contributed by atoms with Crippen LogP contribution in [0.25, 0.3) is 0 Å². The molecule has 0 saturated carbocycles. The standard InChI is InChI=1S/C3H11O4Si2/c1-4-9(5-2,6-3)7-8/h8H2,1-3H3. The lowest BCUT2D eigenvalue weighted by Crippen LogP contribution is -2.45. The first-order valence-electron chi connectivity index (χ1n) is 2.33. The number of rotatable bonds is 4. The normalized spacial score (nSPS) is 12.0. The van der Waals surface area contributed by atoms with Gasteiger partial charge in [0.25, 0.3) is 0 Å². The van der Waals surface area contributed by atoms with Crippen LogP contribution in [0.15, 0.2) is 0 Å². The van der Waals surface area contributed by atoms with Crippen LogP contribution in [0.3, 0.4) is 0 Å². The highest BCUT2D eigenvalue weighted by atomic mass is 28.4. The van der Waals surface area contributed by atoms with Crippen LogP contribution in [0.4, 0.5) is 0 Å². The summed E-state index contributed by atoms with van der Waals surface area (Å²) in [6, 6.07) is 0. The van der Waals surface area contributed by atoms with Gasteiger partial charge in [-0.05, 0) is 0 Å². The monoisotopic (exact) mass is 167 g/mol. The lowest BCUT2D eigenvalue weighted by molar-refractivity contribution is 0.0544. The highest BCUT2D eigenvalue weighted by molar-refractivity contribution is 6.57. The Hall–Kier alpha value is 0.274. The van der Waals surface area contributed by atoms with Gasteiger partial charge in [-0.3, -0.25) is 0 Å². The van der Waals surface area contributed by atoms with Crippen molar-refractivity contribution in [2.24, 2.45) is 0 Å². The molecule has 0 aromatic rings. The molecule has 0 unspecified atom stereocenters. The summed E-state index contributed by atoms with van der Waals surface area (Å²) in [5, 5.41) is 0. The molecular formula is C3H11O4Si2. The fourth-order valence-electron chi connectivity index (χ4n) is 0.427. The molecule has 0 rings (SSSR count). The Kier molecular flexibility index (Phi) is 4.27. The Labute approximate surface area is 59.1 Å². The van der Waals surface area contributed by atoms with E-state index in [0.717, 1.165) is 0 Å². The van der Waals surface area contributed by atoms with Crippen molar-refractivity contribution < 1.29 is 17.4 Å². The van der Waals surface area contributed by atoms with Gasteiger partial charge in [-0.25, -0.2) is 0 Å². The van der Waals surface area contributed by atoms with Gasteiger partial charge in [-0.1, -0.05) is 0 Å². The first-order chi connectivity index (χ1) is 4.24. The van der Waals surface area contributed by atoms with Gasteiger partial charge in [0.15, 0.2) is 10.5 Å². The van der Waals surface area contributed by atoms with E-state index in [1.54, 1.807) is 0 Å². The van der Waals surface area contributed by atoms with Gasteiger partial charge in [-0.2, -0.15) is 0 Å². The van der Waals surface area contributed by atoms with Crippen molar-refractivity contribution in [2.45, 2.75) is 0 Å². The molecule has 0 aliphatic rings. The minimum atomic E-state index is -2.68. The van der Waals surface area contributed by atoms with Crippen molar-refractivity contribution in [3.63, 3.8) is 0 Å². The van der Waals surface area contributed by atoms with Gasteiger partial charge >= 0.3 is 9.05 Å². The Balaban J connectivity index is 3.82. The van der Waals surface area contributed by atoms with E-state index in [4.69, 9.17) is 17.4 Å². The van der Waals surface area contributed by atoms with Gasteiger partial charge in [0.05, 0.1) is 0 Å². The average Bonchev–Trinajstić information content (AvgIpc) is 1.95. The average molecular weight is 167 g/mol. The SMILES string of the molecule is CO[Si](OC)(OC)O[SiH2]. The zero-order valence-corrected chi connectivity index (χ0v) is 8.25. The van der Waals surface area contributed by atoms with Crippen molar-refractivity contribution >= 4 is 19.5 Å². The summed E-state index contributed by atoms with van der Waals surface area (Å²) < 4.78 is 19.5. The molecule has 4 nitrogen and oxygen atoms in total. The summed E-state index contributed by atoms with van der Waals surface area (Å²) in [6.07, 6.45) is 0. The van der Waals surface area contributed by atoms with Crippen molar-refractivity contribution in [3.05, 3.63) is 0 Å². The fraction of sp³-hybridized carbons (Fsp3) is 1.00. The van der Waals surface area contributed by atoms with Crippen LogP contribution in [-0.4, -0.2) is 40.9 Å². The van der Waals surface area contributed by atoms with Crippen LogP contribution in [0, 0.1) is 0 Å². The van der Waals surface area contributed by atoms with E-state index in [-0.39, 0.29) is 0 Å². The molecule has 0 amide bonds. The Morgan fingerprint density at radius 3 is 1.33 bits per heavy atom. The van der Waals surface area contributed by atoms with Crippen LogP contribution >= 0.6 is 0 Å². The summed E-state index contributed by atoms with van der Waals surface area (Å²) in [7, 11) is 3.10. The third-order valence-electron chi connectivity index (χ3n) is 0.927. The summed E-state index contributed by atoms with van der Waals surface area (Å²) >= 11 is 0. The Morgan fingerprint density at radius 1 is 1.00 bits per heavy atom. The third kappa shape index (κ3) is 2.16. The highest BCUT2D eigenvalue weighted by Gasteiger charge is 2.39. The maximum atomic E-state index is 4.89. The molecule has 1 radical (unpaired) electrons. The third-order valence-corrected chi connectivity index (χ3v) is 3.84. The van der Waals surface area contributed by atoms with Gasteiger partial charge in [0.1, 0.15) is 0 Å². The molecule has 9 heavy (non-hydrogen) atoms. The van der Waals surface area contributed by atoms with E-state index in [1.807, 2.05) is 0 Å². The zero-order valence-electron chi connectivity index (χ0n) is 5.84. The second-order valence-electron chi connectivity index (χ2n) is 1.26. The first kappa shape index (κ1) is 9.27. The van der Waals surface area contributed by atoms with Gasteiger partial charge in [0.2, 0.25) is 0 Å². The second kappa shape index (κ2) is 4.15. The van der Waals surface area contributed by atoms with Crippen LogP contribution < -0.4 is 0 Å². The molecule has 0 aliphatic carbocycles. The molecule has 55 valence electrons. The predicted molar refractivity (Wildman–Crippen MR) is 36.4 cm³/mol. The summed E-state index contributed by atoms with van der Waals surface area (Å²) in [5.74, 6) is 0. The van der Waals surface area contributed by atoms with E-state index < -0.39 is 9.05 Å². The van der Waals surface area contributed by atoms with Crippen molar-refractivity contribution in [2.75, 3.05) is 21.3 Å². The van der Waals surface area contributed by atoms with Gasteiger partial charge < -0.3 is 17.4 Å². The summed E-state index contributed by atoms with van der Waals surface area (Å²) in [5.41, 5.74) is 0. The maximum Gasteiger partial charge on any atom is 0.667 e. The molecule has 0 atom stereocenters. The zero-order chi connectivity index (χ0) is 7.33. The lowest BCUT2D eigenvalue weighted by atomic mass is 11.8. The van der Waals surface area contributed by atoms with Crippen molar-refractivity contribution in [1.29, 1.82) is 0 Å². The first-order valence-corrected chi connectivity index (χ1v) is 4.54. The quantitative estimate of drug-likeness (QED) is 0.499. The Morgan fingerprint density at radius 2 is 1.33 bits per heavy atom. The van der Waals surface area contributed by atoms with Crippen LogP contribution in [0.1, 0.15) is 0 Å². The Bertz CT molecular complexity index is 56.7. The molecule has 6 heteroatoms. The summed E-state index contributed by atoms with van der Waals surface area (Å²) in [4.78, 5) is 0. The molecule has 0 aromatic carbocycles. The van der Waals surface area contributed by atoms with Gasteiger partial charge in [-0.15, -0.1) is 0 Å². The molecule has 0 heterocycles. The molecule has 0 spiro atoms. The van der Waals surface area contributed by atoms with E-state index >= 15 is 0 Å². The lowest BCUT2D eigenvalue weighted by Gasteiger charge is -2.20. The smallest absolute Gasteiger partial charge is 0.400 e. The van der Waals surface area contributed by atoms with Crippen LogP contribution in [0.2, 0.25) is 0 Å². The minimum Gasteiger partial charge on any atom is -0.400 e. The number of hydrogen-bond acceptors (Lipinski definition) is 4. The molecule has 0 aromatic heterocycles. The molecule has 0 aliphatic heterocycles. The second-order valence-corrected chi connectivity index (χ2v) is 4.64. The summed E-state index contributed by atoms with van der Waals surface area (Å²) in [6.45, 7) is 0. The fourth-order valence-corrected chi connectivity index (χ4v) is 2.34. The predicted octanol–water partition coefficient (Wildman–Crippen LogP) is -1.07. The van der Waals surface area contributed by atoms with Gasteiger partial charge in [0, 0.05) is 21.3 Å². The van der Waals surface area contributed by atoms with Crippen molar-refractivity contribution in [3.8, 4) is 0 Å².